The predicted molar refractivity (Wildman–Crippen MR) is 77.5 cm³/mol. The van der Waals surface area contributed by atoms with Gasteiger partial charge in [-0.1, -0.05) is 18.2 Å². The summed E-state index contributed by atoms with van der Waals surface area (Å²) >= 11 is 0. The Labute approximate surface area is 119 Å². The molecule has 0 fully saturated rings. The van der Waals surface area contributed by atoms with Gasteiger partial charge in [0.1, 0.15) is 17.3 Å². The van der Waals surface area contributed by atoms with E-state index in [4.69, 9.17) is 9.47 Å². The third-order valence-electron chi connectivity index (χ3n) is 2.58. The summed E-state index contributed by atoms with van der Waals surface area (Å²) in [5, 5.41) is 0. The van der Waals surface area contributed by atoms with Crippen LogP contribution in [-0.4, -0.2) is 5.60 Å². The zero-order chi connectivity index (χ0) is 14.6. The van der Waals surface area contributed by atoms with E-state index in [0.717, 1.165) is 5.56 Å². The van der Waals surface area contributed by atoms with Crippen molar-refractivity contribution in [3.8, 4) is 11.5 Å². The summed E-state index contributed by atoms with van der Waals surface area (Å²) < 4.78 is 24.9. The minimum atomic E-state index is -0.328. The second kappa shape index (κ2) is 6.06. The van der Waals surface area contributed by atoms with Gasteiger partial charge in [-0.05, 0) is 50.6 Å². The first kappa shape index (κ1) is 14.5. The molecule has 2 aromatic carbocycles. The molecule has 0 bridgehead atoms. The third kappa shape index (κ3) is 4.67. The topological polar surface area (TPSA) is 18.5 Å². The van der Waals surface area contributed by atoms with Gasteiger partial charge in [0.2, 0.25) is 0 Å². The fourth-order valence-electron chi connectivity index (χ4n) is 1.69. The summed E-state index contributed by atoms with van der Waals surface area (Å²) in [5.74, 6) is 0.829. The monoisotopic (exact) mass is 274 g/mol. The molecule has 2 aromatic rings. The molecule has 2 rings (SSSR count). The maximum absolute atomic E-state index is 13.6. The molecule has 20 heavy (non-hydrogen) atoms. The second-order valence-electron chi connectivity index (χ2n) is 5.61. The van der Waals surface area contributed by atoms with Crippen LogP contribution in [0, 0.1) is 5.82 Å². The van der Waals surface area contributed by atoms with Crippen LogP contribution in [0.1, 0.15) is 26.3 Å². The van der Waals surface area contributed by atoms with Crippen molar-refractivity contribution in [1.82, 2.24) is 0 Å². The molecular formula is C17H19FO2. The second-order valence-corrected chi connectivity index (χ2v) is 5.61. The zero-order valence-corrected chi connectivity index (χ0v) is 12.0. The van der Waals surface area contributed by atoms with Crippen molar-refractivity contribution in [2.45, 2.75) is 33.0 Å². The molecule has 106 valence electrons. The van der Waals surface area contributed by atoms with E-state index < -0.39 is 0 Å². The van der Waals surface area contributed by atoms with Crippen LogP contribution in [0.2, 0.25) is 0 Å². The quantitative estimate of drug-likeness (QED) is 0.786. The molecule has 3 heteroatoms. The number of rotatable bonds is 4. The van der Waals surface area contributed by atoms with Gasteiger partial charge in [-0.3, -0.25) is 0 Å². The Hall–Kier alpha value is -1.87. The van der Waals surface area contributed by atoms with Crippen molar-refractivity contribution in [3.63, 3.8) is 0 Å². The molecule has 0 heterocycles. The zero-order valence-electron chi connectivity index (χ0n) is 12.0. The summed E-state index contributed by atoms with van der Waals surface area (Å²) in [7, 11) is 0. The molecule has 0 aromatic heterocycles. The van der Waals surface area contributed by atoms with Crippen molar-refractivity contribution in [2.75, 3.05) is 0 Å². The Bertz CT molecular complexity index is 559. The van der Waals surface area contributed by atoms with E-state index >= 15 is 0 Å². The first-order valence-electron chi connectivity index (χ1n) is 6.59. The van der Waals surface area contributed by atoms with Crippen LogP contribution in [0.4, 0.5) is 4.39 Å². The molecule has 0 saturated carbocycles. The van der Waals surface area contributed by atoms with Crippen LogP contribution in [0.5, 0.6) is 11.5 Å². The van der Waals surface area contributed by atoms with Gasteiger partial charge < -0.3 is 9.47 Å². The van der Waals surface area contributed by atoms with Gasteiger partial charge in [0.15, 0.2) is 0 Å². The maximum atomic E-state index is 13.6. The summed E-state index contributed by atoms with van der Waals surface area (Å²) in [5.41, 5.74) is 0.498. The first-order valence-corrected chi connectivity index (χ1v) is 6.59. The third-order valence-corrected chi connectivity index (χ3v) is 2.58. The van der Waals surface area contributed by atoms with Gasteiger partial charge in [0.05, 0.1) is 12.2 Å². The number of benzene rings is 2. The maximum Gasteiger partial charge on any atom is 0.130 e. The highest BCUT2D eigenvalue weighted by molar-refractivity contribution is 5.34. The van der Waals surface area contributed by atoms with E-state index in [1.54, 1.807) is 6.07 Å². The van der Waals surface area contributed by atoms with Crippen molar-refractivity contribution in [1.29, 1.82) is 0 Å². The largest absolute Gasteiger partial charge is 0.457 e. The van der Waals surface area contributed by atoms with Gasteiger partial charge in [-0.15, -0.1) is 0 Å². The van der Waals surface area contributed by atoms with Gasteiger partial charge >= 0.3 is 0 Å². The van der Waals surface area contributed by atoms with Crippen molar-refractivity contribution >= 4 is 0 Å². The van der Waals surface area contributed by atoms with E-state index in [-0.39, 0.29) is 11.4 Å². The summed E-state index contributed by atoms with van der Waals surface area (Å²) in [6, 6.07) is 13.9. The lowest BCUT2D eigenvalue weighted by Crippen LogP contribution is -2.18. The highest BCUT2D eigenvalue weighted by atomic mass is 19.1. The molecule has 0 N–H and O–H groups in total. The number of ether oxygens (including phenoxy) is 2. The average Bonchev–Trinajstić information content (AvgIpc) is 2.36. The SMILES string of the molecule is CC(C)(C)OCc1cc(F)cc(Oc2ccccc2)c1. The molecule has 0 aliphatic carbocycles. The average molecular weight is 274 g/mol. The van der Waals surface area contributed by atoms with E-state index in [9.17, 15) is 4.39 Å². The molecule has 0 unspecified atom stereocenters. The number of hydrogen-bond donors (Lipinski definition) is 0. The summed E-state index contributed by atoms with van der Waals surface area (Å²) in [6.45, 7) is 6.25. The molecule has 0 saturated heterocycles. The highest BCUT2D eigenvalue weighted by Gasteiger charge is 2.11. The van der Waals surface area contributed by atoms with Gasteiger partial charge in [0.25, 0.3) is 0 Å². The Kier molecular flexibility index (Phi) is 4.40. The Morgan fingerprint density at radius 1 is 0.950 bits per heavy atom. The molecule has 0 aliphatic rings. The molecule has 0 spiro atoms. The van der Waals surface area contributed by atoms with Gasteiger partial charge in [0, 0.05) is 6.07 Å². The summed E-state index contributed by atoms with van der Waals surface area (Å²) in [4.78, 5) is 0. The molecule has 2 nitrogen and oxygen atoms in total. The first-order chi connectivity index (χ1) is 9.42. The lowest BCUT2D eigenvalue weighted by molar-refractivity contribution is -0.0151. The van der Waals surface area contributed by atoms with Crippen LogP contribution in [0.3, 0.4) is 0 Å². The van der Waals surface area contributed by atoms with Crippen LogP contribution >= 0.6 is 0 Å². The lowest BCUT2D eigenvalue weighted by Gasteiger charge is -2.19. The predicted octanol–water partition coefficient (Wildman–Crippen LogP) is 4.93. The van der Waals surface area contributed by atoms with Crippen molar-refractivity contribution in [3.05, 3.63) is 59.9 Å². The molecule has 0 radical (unpaired) electrons. The Morgan fingerprint density at radius 3 is 2.30 bits per heavy atom. The van der Waals surface area contributed by atoms with E-state index in [2.05, 4.69) is 0 Å². The number of halogens is 1. The number of hydrogen-bond acceptors (Lipinski definition) is 2. The fraction of sp³-hybridized carbons (Fsp3) is 0.294. The molecule has 0 aliphatic heterocycles. The highest BCUT2D eigenvalue weighted by Crippen LogP contribution is 2.24. The smallest absolute Gasteiger partial charge is 0.130 e. The molecule has 0 amide bonds. The van der Waals surface area contributed by atoms with E-state index in [0.29, 0.717) is 18.1 Å². The van der Waals surface area contributed by atoms with E-state index in [1.165, 1.54) is 12.1 Å². The van der Waals surface area contributed by atoms with Crippen molar-refractivity contribution in [2.24, 2.45) is 0 Å². The molecular weight excluding hydrogens is 255 g/mol. The standard InChI is InChI=1S/C17H19FO2/c1-17(2,3)19-12-13-9-14(18)11-16(10-13)20-15-7-5-4-6-8-15/h4-11H,12H2,1-3H3. The number of para-hydroxylation sites is 1. The normalized spacial score (nSPS) is 11.4. The van der Waals surface area contributed by atoms with Crippen LogP contribution < -0.4 is 4.74 Å². The fourth-order valence-corrected chi connectivity index (χ4v) is 1.69. The Balaban J connectivity index is 2.12. The minimum absolute atomic E-state index is 0.257. The molecule has 0 atom stereocenters. The van der Waals surface area contributed by atoms with Crippen molar-refractivity contribution < 1.29 is 13.9 Å². The minimum Gasteiger partial charge on any atom is -0.457 e. The van der Waals surface area contributed by atoms with Crippen LogP contribution in [0.25, 0.3) is 0 Å². The van der Waals surface area contributed by atoms with Gasteiger partial charge in [-0.25, -0.2) is 4.39 Å². The van der Waals surface area contributed by atoms with Crippen LogP contribution in [-0.2, 0) is 11.3 Å². The Morgan fingerprint density at radius 2 is 1.65 bits per heavy atom. The van der Waals surface area contributed by atoms with Gasteiger partial charge in [-0.2, -0.15) is 0 Å². The summed E-state index contributed by atoms with van der Waals surface area (Å²) in [6.07, 6.45) is 0. The lowest BCUT2D eigenvalue weighted by atomic mass is 10.1. The van der Waals surface area contributed by atoms with E-state index in [1.807, 2.05) is 51.1 Å². The van der Waals surface area contributed by atoms with Crippen LogP contribution in [0.15, 0.2) is 48.5 Å².